The minimum absolute atomic E-state index is 0.431. The number of hydrogen-bond acceptors (Lipinski definition) is 1. The van der Waals surface area contributed by atoms with Crippen LogP contribution >= 0.6 is 0 Å². The molecule has 0 saturated carbocycles. The van der Waals surface area contributed by atoms with E-state index >= 15 is 0 Å². The summed E-state index contributed by atoms with van der Waals surface area (Å²) in [6.07, 6.45) is 5.87. The summed E-state index contributed by atoms with van der Waals surface area (Å²) < 4.78 is 5.77. The number of rotatable bonds is 5. The van der Waals surface area contributed by atoms with Gasteiger partial charge < -0.3 is 4.42 Å². The highest BCUT2D eigenvalue weighted by Gasteiger charge is 2.47. The Morgan fingerprint density at radius 2 is 0.911 bits per heavy atom. The molecule has 79 heavy (non-hydrogen) atoms. The summed E-state index contributed by atoms with van der Waals surface area (Å²) in [4.78, 5) is 0. The Labute approximate surface area is 471 Å². The lowest BCUT2D eigenvalue weighted by Gasteiger charge is -2.35. The molecule has 0 radical (unpaired) electrons. The highest BCUT2D eigenvalue weighted by atomic mass is 16.3. The second kappa shape index (κ2) is 26.5. The SMILES string of the molecule is C=Cc1oc2ccc(C(C)C)cc2c1/C=C\C.CC.Cc1ccc2c(c1)C(c1ccc3ccccc3c1)(c1ccc3ccccc3c1)c1cc(C)c3ccccc3c1-2.Cc1ccccc1.Cc1ccccc1.Cc1ccccc1. The molecule has 1 aliphatic carbocycles. The van der Waals surface area contributed by atoms with Crippen molar-refractivity contribution in [1.82, 2.24) is 0 Å². The Hall–Kier alpha value is -8.78. The van der Waals surface area contributed by atoms with Gasteiger partial charge in [0.2, 0.25) is 0 Å². The van der Waals surface area contributed by atoms with Crippen LogP contribution in [0.15, 0.2) is 260 Å². The molecule has 0 atom stereocenters. The lowest BCUT2D eigenvalue weighted by molar-refractivity contribution is 0.603. The summed E-state index contributed by atoms with van der Waals surface area (Å²) in [5, 5.41) is 8.92. The molecule has 1 heterocycles. The van der Waals surface area contributed by atoms with Crippen LogP contribution in [0.2, 0.25) is 0 Å². The lowest BCUT2D eigenvalue weighted by atomic mass is 9.66. The van der Waals surface area contributed by atoms with Gasteiger partial charge in [0, 0.05) is 10.9 Å². The molecule has 1 aliphatic rings. The van der Waals surface area contributed by atoms with Crippen molar-refractivity contribution < 1.29 is 4.42 Å². The van der Waals surface area contributed by atoms with Crippen molar-refractivity contribution in [2.45, 2.75) is 80.6 Å². The fraction of sp³-hybridized carbons (Fsp3) is 0.154. The molecule has 0 spiro atoms. The molecule has 0 amide bonds. The van der Waals surface area contributed by atoms with Gasteiger partial charge in [-0.3, -0.25) is 0 Å². The molecule has 1 nitrogen and oxygen atoms in total. The molecule has 1 aromatic heterocycles. The topological polar surface area (TPSA) is 13.1 Å². The normalized spacial score (nSPS) is 11.6. The Morgan fingerprint density at radius 1 is 0.430 bits per heavy atom. The zero-order chi connectivity index (χ0) is 55.9. The van der Waals surface area contributed by atoms with Crippen molar-refractivity contribution in [2.75, 3.05) is 0 Å². The standard InChI is InChI=1S/C39H28.C16H18O.3C7H8.C2H6/c1-25-15-20-35-36(21-25)39(31-18-16-27-9-3-5-11-29(27)23-31,32-19-17-28-10-4-6-12-30(28)24-32)37-22-26(2)33-13-7-8-14-34(33)38(35)37;1-5-7-13-14-10-12(11(3)4)8-9-16(14)17-15(13)6-2;3*1-7-5-3-2-4-6-7;1-2/h3-24H,1-2H3;5-11H,2H2,1,3-4H3;3*2-6H,1H3;1-2H3/b;7-5-;;;;. The van der Waals surface area contributed by atoms with E-state index in [0.717, 1.165) is 16.9 Å². The van der Waals surface area contributed by atoms with Crippen molar-refractivity contribution in [3.05, 3.63) is 322 Å². The number of fused-ring (bicyclic) bond motifs is 8. The second-order valence-corrected chi connectivity index (χ2v) is 20.5. The molecule has 0 bridgehead atoms. The number of furan rings is 1. The average Bonchev–Trinajstić information content (AvgIpc) is 2.99. The van der Waals surface area contributed by atoms with Crippen molar-refractivity contribution >= 4 is 55.4 Å². The first-order chi connectivity index (χ1) is 38.5. The first-order valence-corrected chi connectivity index (χ1v) is 28.0. The van der Waals surface area contributed by atoms with Gasteiger partial charge in [0.15, 0.2) is 0 Å². The maximum atomic E-state index is 5.77. The highest BCUT2D eigenvalue weighted by Crippen LogP contribution is 2.59. The summed E-state index contributed by atoms with van der Waals surface area (Å²) in [5.41, 5.74) is 17.6. The molecule has 0 fully saturated rings. The van der Waals surface area contributed by atoms with E-state index in [0.29, 0.717) is 5.92 Å². The third-order valence-electron chi connectivity index (χ3n) is 14.7. The molecule has 13 rings (SSSR count). The average molecular weight is 1030 g/mol. The maximum Gasteiger partial charge on any atom is 0.135 e. The van der Waals surface area contributed by atoms with Crippen LogP contribution in [0.4, 0.5) is 0 Å². The van der Waals surface area contributed by atoms with E-state index in [1.54, 1.807) is 6.08 Å². The fourth-order valence-corrected chi connectivity index (χ4v) is 10.7. The molecule has 11 aromatic carbocycles. The van der Waals surface area contributed by atoms with Gasteiger partial charge in [0.1, 0.15) is 11.3 Å². The smallest absolute Gasteiger partial charge is 0.135 e. The molecular weight excluding hydrogens is 953 g/mol. The lowest BCUT2D eigenvalue weighted by Crippen LogP contribution is -2.29. The van der Waals surface area contributed by atoms with E-state index in [1.165, 1.54) is 104 Å². The number of allylic oxidation sites excluding steroid dienone is 1. The van der Waals surface area contributed by atoms with Crippen molar-refractivity contribution in [1.29, 1.82) is 0 Å². The van der Waals surface area contributed by atoms with E-state index in [9.17, 15) is 0 Å². The number of hydrogen-bond donors (Lipinski definition) is 0. The molecule has 1 heteroatoms. The number of benzene rings is 11. The van der Waals surface area contributed by atoms with E-state index in [1.807, 2.05) is 87.5 Å². The first kappa shape index (κ1) is 56.4. The Kier molecular flexibility index (Phi) is 18.9. The van der Waals surface area contributed by atoms with E-state index < -0.39 is 5.41 Å². The van der Waals surface area contributed by atoms with Crippen LogP contribution in [0.3, 0.4) is 0 Å². The Balaban J connectivity index is 0.000000167. The van der Waals surface area contributed by atoms with Gasteiger partial charge in [0.25, 0.3) is 0 Å². The second-order valence-electron chi connectivity index (χ2n) is 20.5. The molecule has 12 aromatic rings. The summed E-state index contributed by atoms with van der Waals surface area (Å²) in [6, 6.07) is 87.2. The fourth-order valence-electron chi connectivity index (χ4n) is 10.7. The minimum atomic E-state index is -0.431. The van der Waals surface area contributed by atoms with Crippen molar-refractivity contribution in [3.63, 3.8) is 0 Å². The largest absolute Gasteiger partial charge is 0.456 e. The number of aryl methyl sites for hydroxylation is 5. The van der Waals surface area contributed by atoms with Gasteiger partial charge in [-0.15, -0.1) is 0 Å². The van der Waals surface area contributed by atoms with E-state index in [2.05, 4.69) is 243 Å². The van der Waals surface area contributed by atoms with Crippen LogP contribution in [0.25, 0.3) is 66.6 Å². The van der Waals surface area contributed by atoms with Crippen molar-refractivity contribution in [2.24, 2.45) is 0 Å². The Morgan fingerprint density at radius 3 is 1.38 bits per heavy atom. The van der Waals surface area contributed by atoms with Crippen LogP contribution in [-0.4, -0.2) is 0 Å². The highest BCUT2D eigenvalue weighted by molar-refractivity contribution is 6.06. The van der Waals surface area contributed by atoms with Crippen LogP contribution in [0.1, 0.15) is 107 Å². The predicted molar refractivity (Wildman–Crippen MR) is 346 cm³/mol. The van der Waals surface area contributed by atoms with Crippen LogP contribution in [0, 0.1) is 34.6 Å². The predicted octanol–water partition coefficient (Wildman–Crippen LogP) is 22.4. The maximum absolute atomic E-state index is 5.77. The summed E-state index contributed by atoms with van der Waals surface area (Å²) >= 11 is 0. The van der Waals surface area contributed by atoms with Gasteiger partial charge in [-0.2, -0.15) is 0 Å². The Bertz CT molecular complexity index is 3800. The minimum Gasteiger partial charge on any atom is -0.456 e. The summed E-state index contributed by atoms with van der Waals surface area (Å²) in [7, 11) is 0. The van der Waals surface area contributed by atoms with Crippen LogP contribution in [-0.2, 0) is 5.41 Å². The van der Waals surface area contributed by atoms with Gasteiger partial charge in [-0.05, 0) is 155 Å². The molecule has 0 unspecified atom stereocenters. The van der Waals surface area contributed by atoms with E-state index in [-0.39, 0.29) is 0 Å². The first-order valence-electron chi connectivity index (χ1n) is 28.0. The zero-order valence-corrected chi connectivity index (χ0v) is 48.0. The third kappa shape index (κ3) is 12.7. The quantitative estimate of drug-likeness (QED) is 0.167. The van der Waals surface area contributed by atoms with Gasteiger partial charge >= 0.3 is 0 Å². The zero-order valence-electron chi connectivity index (χ0n) is 48.0. The summed E-state index contributed by atoms with van der Waals surface area (Å²) in [6.45, 7) is 24.9. The van der Waals surface area contributed by atoms with E-state index in [4.69, 9.17) is 4.42 Å². The van der Waals surface area contributed by atoms with Gasteiger partial charge in [-0.25, -0.2) is 0 Å². The van der Waals surface area contributed by atoms with Crippen molar-refractivity contribution in [3.8, 4) is 11.1 Å². The molecule has 0 aliphatic heterocycles. The van der Waals surface area contributed by atoms with Crippen LogP contribution in [0.5, 0.6) is 0 Å². The van der Waals surface area contributed by atoms with Crippen LogP contribution < -0.4 is 0 Å². The molecular formula is C78H76O. The van der Waals surface area contributed by atoms with Gasteiger partial charge in [0.05, 0.1) is 5.41 Å². The molecule has 0 saturated heterocycles. The monoisotopic (exact) mass is 1030 g/mol. The third-order valence-corrected chi connectivity index (χ3v) is 14.7. The summed E-state index contributed by atoms with van der Waals surface area (Å²) in [5.74, 6) is 1.37. The molecule has 394 valence electrons. The van der Waals surface area contributed by atoms with Gasteiger partial charge in [-0.1, -0.05) is 287 Å². The molecule has 0 N–H and O–H groups in total.